The lowest BCUT2D eigenvalue weighted by atomic mass is 10.1. The second-order valence-corrected chi connectivity index (χ2v) is 6.98. The number of ether oxygens (including phenoxy) is 2. The fraction of sp³-hybridized carbons (Fsp3) is 0.391. The summed E-state index contributed by atoms with van der Waals surface area (Å²) in [4.78, 5) is 32.0. The second-order valence-electron chi connectivity index (χ2n) is 6.98. The van der Waals surface area contributed by atoms with Gasteiger partial charge in [-0.15, -0.1) is 0 Å². The highest BCUT2D eigenvalue weighted by molar-refractivity contribution is 6.07. The van der Waals surface area contributed by atoms with Crippen molar-refractivity contribution in [3.63, 3.8) is 0 Å². The van der Waals surface area contributed by atoms with Gasteiger partial charge < -0.3 is 14.6 Å². The van der Waals surface area contributed by atoms with Gasteiger partial charge in [0.25, 0.3) is 0 Å². The number of unbranched alkanes of at least 4 members (excludes halogenated alkanes) is 2. The van der Waals surface area contributed by atoms with Gasteiger partial charge in [0.2, 0.25) is 0 Å². The number of carbonyl (C=O) groups is 2. The summed E-state index contributed by atoms with van der Waals surface area (Å²) in [6.45, 7) is 6.10. The Balaban J connectivity index is 2.00. The van der Waals surface area contributed by atoms with Crippen LogP contribution in [0, 0.1) is 20.8 Å². The first-order valence-electron chi connectivity index (χ1n) is 9.88. The van der Waals surface area contributed by atoms with Gasteiger partial charge in [-0.3, -0.25) is 14.6 Å². The summed E-state index contributed by atoms with van der Waals surface area (Å²) in [5.74, 6) is 0.0635. The number of aliphatic carboxylic acids is 1. The predicted molar refractivity (Wildman–Crippen MR) is 114 cm³/mol. The number of ketones is 1. The number of allylic oxidation sites excluding steroid dienone is 1. The third kappa shape index (κ3) is 6.69. The molecule has 0 aliphatic heterocycles. The Morgan fingerprint density at radius 2 is 1.73 bits per heavy atom. The van der Waals surface area contributed by atoms with Crippen LogP contribution in [0.5, 0.6) is 11.5 Å². The molecule has 0 fully saturated rings. The molecule has 0 radical (unpaired) electrons. The Hall–Kier alpha value is -3.22. The van der Waals surface area contributed by atoms with Crippen molar-refractivity contribution in [1.29, 1.82) is 0 Å². The topological polar surface area (TPSA) is 98.6 Å². The van der Waals surface area contributed by atoms with Crippen molar-refractivity contribution in [2.75, 3.05) is 13.7 Å². The smallest absolute Gasteiger partial charge is 0.303 e. The molecule has 1 N–H and O–H groups in total. The third-order valence-corrected chi connectivity index (χ3v) is 4.65. The Bertz CT molecular complexity index is 937. The number of hydrogen-bond acceptors (Lipinski definition) is 6. The van der Waals surface area contributed by atoms with Crippen molar-refractivity contribution in [3.8, 4) is 11.5 Å². The highest BCUT2D eigenvalue weighted by atomic mass is 16.5. The maximum atomic E-state index is 12.6. The standard InChI is InChI=1S/C23H28N2O5/c1-15-16(2)25-19(17(3)24-15)10-11-20(26)18-9-12-21(22(14-18)29-4)30-13-7-5-6-8-23(27)28/h9-12,14H,5-8,13H2,1-4H3,(H,27,28)/b11-10+. The van der Waals surface area contributed by atoms with E-state index >= 15 is 0 Å². The van der Waals surface area contributed by atoms with Crippen molar-refractivity contribution in [2.45, 2.75) is 46.5 Å². The summed E-state index contributed by atoms with van der Waals surface area (Å²) in [6, 6.07) is 5.04. The van der Waals surface area contributed by atoms with E-state index in [0.717, 1.165) is 29.9 Å². The van der Waals surface area contributed by atoms with E-state index < -0.39 is 5.97 Å². The minimum Gasteiger partial charge on any atom is -0.493 e. The number of hydrogen-bond donors (Lipinski definition) is 1. The summed E-state index contributed by atoms with van der Waals surface area (Å²) in [6.07, 6.45) is 5.46. The zero-order valence-corrected chi connectivity index (χ0v) is 17.9. The molecule has 0 unspecified atom stereocenters. The van der Waals surface area contributed by atoms with E-state index in [-0.39, 0.29) is 12.2 Å². The Morgan fingerprint density at radius 3 is 2.43 bits per heavy atom. The largest absolute Gasteiger partial charge is 0.493 e. The Morgan fingerprint density at radius 1 is 1.00 bits per heavy atom. The van der Waals surface area contributed by atoms with Crippen LogP contribution in [0.3, 0.4) is 0 Å². The molecule has 1 heterocycles. The van der Waals surface area contributed by atoms with Gasteiger partial charge in [-0.05, 0) is 70.4 Å². The molecule has 1 aromatic carbocycles. The summed E-state index contributed by atoms with van der Waals surface area (Å²) < 4.78 is 11.1. The number of nitrogens with zero attached hydrogens (tertiary/aromatic N) is 2. The molecule has 30 heavy (non-hydrogen) atoms. The van der Waals surface area contributed by atoms with E-state index in [9.17, 15) is 9.59 Å². The summed E-state index contributed by atoms with van der Waals surface area (Å²) in [5, 5.41) is 8.64. The van der Waals surface area contributed by atoms with Gasteiger partial charge in [0.15, 0.2) is 17.3 Å². The van der Waals surface area contributed by atoms with Crippen LogP contribution in [0.25, 0.3) is 6.08 Å². The highest BCUT2D eigenvalue weighted by Gasteiger charge is 2.10. The van der Waals surface area contributed by atoms with Crippen LogP contribution in [0.4, 0.5) is 0 Å². The minimum atomic E-state index is -0.786. The summed E-state index contributed by atoms with van der Waals surface area (Å²) in [7, 11) is 1.52. The fourth-order valence-corrected chi connectivity index (χ4v) is 2.82. The maximum Gasteiger partial charge on any atom is 0.303 e. The lowest BCUT2D eigenvalue weighted by Crippen LogP contribution is -2.02. The van der Waals surface area contributed by atoms with E-state index in [4.69, 9.17) is 14.6 Å². The van der Waals surface area contributed by atoms with Gasteiger partial charge in [0, 0.05) is 12.0 Å². The van der Waals surface area contributed by atoms with Crippen molar-refractivity contribution in [2.24, 2.45) is 0 Å². The Kier molecular flexibility index (Phi) is 8.53. The summed E-state index contributed by atoms with van der Waals surface area (Å²) in [5.41, 5.74) is 3.62. The molecule has 0 spiro atoms. The van der Waals surface area contributed by atoms with Crippen molar-refractivity contribution < 1.29 is 24.2 Å². The molecule has 0 aliphatic rings. The first-order valence-corrected chi connectivity index (χ1v) is 9.88. The molecule has 0 atom stereocenters. The highest BCUT2D eigenvalue weighted by Crippen LogP contribution is 2.28. The first kappa shape index (κ1) is 23.1. The van der Waals surface area contributed by atoms with Crippen LogP contribution in [-0.2, 0) is 4.79 Å². The normalized spacial score (nSPS) is 10.9. The number of aromatic nitrogens is 2. The molecule has 0 bridgehead atoms. The van der Waals surface area contributed by atoms with Crippen LogP contribution in [0.1, 0.15) is 58.8 Å². The number of carboxylic acids is 1. The van der Waals surface area contributed by atoms with E-state index in [1.807, 2.05) is 20.8 Å². The van der Waals surface area contributed by atoms with Gasteiger partial charge >= 0.3 is 5.97 Å². The number of benzene rings is 1. The number of aryl methyl sites for hydroxylation is 3. The molecule has 1 aromatic heterocycles. The van der Waals surface area contributed by atoms with Gasteiger partial charge in [0.1, 0.15) is 0 Å². The number of carbonyl (C=O) groups excluding carboxylic acids is 1. The van der Waals surface area contributed by atoms with Crippen molar-refractivity contribution in [1.82, 2.24) is 9.97 Å². The van der Waals surface area contributed by atoms with E-state index in [2.05, 4.69) is 9.97 Å². The molecular weight excluding hydrogens is 384 g/mol. The molecule has 0 amide bonds. The second kappa shape index (κ2) is 11.1. The van der Waals surface area contributed by atoms with Gasteiger partial charge in [-0.2, -0.15) is 0 Å². The first-order chi connectivity index (χ1) is 14.3. The van der Waals surface area contributed by atoms with Gasteiger partial charge in [-0.25, -0.2) is 4.98 Å². The lowest BCUT2D eigenvalue weighted by molar-refractivity contribution is -0.137. The zero-order chi connectivity index (χ0) is 22.1. The number of carboxylic acid groups (broad SMARTS) is 1. The number of methoxy groups -OCH3 is 1. The quantitative estimate of drug-likeness (QED) is 0.333. The zero-order valence-electron chi connectivity index (χ0n) is 17.9. The van der Waals surface area contributed by atoms with Crippen LogP contribution in [0.2, 0.25) is 0 Å². The van der Waals surface area contributed by atoms with Crippen molar-refractivity contribution >= 4 is 17.8 Å². The molecule has 0 aliphatic carbocycles. The molecule has 0 saturated heterocycles. The van der Waals surface area contributed by atoms with E-state index in [1.165, 1.54) is 13.2 Å². The fourth-order valence-electron chi connectivity index (χ4n) is 2.82. The molecule has 0 saturated carbocycles. The van der Waals surface area contributed by atoms with Crippen LogP contribution < -0.4 is 9.47 Å². The summed E-state index contributed by atoms with van der Waals surface area (Å²) >= 11 is 0. The monoisotopic (exact) mass is 412 g/mol. The SMILES string of the molecule is COc1cc(C(=O)/C=C/c2nc(C)c(C)nc2C)ccc1OCCCCCC(=O)O. The van der Waals surface area contributed by atoms with Gasteiger partial charge in [-0.1, -0.05) is 0 Å². The van der Waals surface area contributed by atoms with Gasteiger partial charge in [0.05, 0.1) is 36.5 Å². The molecule has 160 valence electrons. The predicted octanol–water partition coefficient (Wildman–Crippen LogP) is 4.33. The molecule has 7 heteroatoms. The third-order valence-electron chi connectivity index (χ3n) is 4.65. The van der Waals surface area contributed by atoms with E-state index in [0.29, 0.717) is 35.8 Å². The lowest BCUT2D eigenvalue weighted by Gasteiger charge is -2.11. The molecular formula is C23H28N2O5. The molecule has 7 nitrogen and oxygen atoms in total. The minimum absolute atomic E-state index is 0.168. The average Bonchev–Trinajstić information content (AvgIpc) is 2.71. The van der Waals surface area contributed by atoms with E-state index in [1.54, 1.807) is 24.3 Å². The average molecular weight is 412 g/mol. The van der Waals surface area contributed by atoms with Crippen LogP contribution >= 0.6 is 0 Å². The number of rotatable bonds is 11. The van der Waals surface area contributed by atoms with Crippen molar-refractivity contribution in [3.05, 3.63) is 52.6 Å². The van der Waals surface area contributed by atoms with Crippen LogP contribution in [0.15, 0.2) is 24.3 Å². The Labute approximate surface area is 176 Å². The van der Waals surface area contributed by atoms with Crippen LogP contribution in [-0.4, -0.2) is 40.5 Å². The maximum absolute atomic E-state index is 12.6. The molecule has 2 aromatic rings. The molecule has 2 rings (SSSR count).